The van der Waals surface area contributed by atoms with E-state index in [0.29, 0.717) is 31.5 Å². The lowest BCUT2D eigenvalue weighted by Gasteiger charge is -2.56. The summed E-state index contributed by atoms with van der Waals surface area (Å²) >= 11 is 0. The van der Waals surface area contributed by atoms with E-state index in [-0.39, 0.29) is 66.4 Å². The van der Waals surface area contributed by atoms with E-state index in [4.69, 9.17) is 25.1 Å². The molecular weight excluding hydrogens is 1140 g/mol. The van der Waals surface area contributed by atoms with E-state index >= 15 is 0 Å². The molecule has 2 saturated carbocycles. The predicted molar refractivity (Wildman–Crippen MR) is 334 cm³/mol. The molecule has 7 atom stereocenters. The molecule has 17 heteroatoms. The zero-order valence-corrected chi connectivity index (χ0v) is 50.8. The zero-order chi connectivity index (χ0) is 63.0. The number of anilines is 2. The molecule has 6 aliphatic rings. The van der Waals surface area contributed by atoms with Crippen molar-refractivity contribution in [2.45, 2.75) is 146 Å². The van der Waals surface area contributed by atoms with Crippen LogP contribution in [0.25, 0.3) is 22.3 Å². The Hall–Kier alpha value is -8.47. The van der Waals surface area contributed by atoms with Crippen molar-refractivity contribution in [1.82, 2.24) is 16.0 Å². The smallest absolute Gasteiger partial charge is 0.475 e. The molecule has 0 bridgehead atoms. The number of ether oxygens (including phenoxy) is 2. The topological polar surface area (TPSA) is 215 Å². The number of unbranched alkanes of at least 4 members (excludes halogenated alkanes) is 1. The molecule has 0 spiro atoms. The summed E-state index contributed by atoms with van der Waals surface area (Å²) in [4.78, 5) is 80.2. The third kappa shape index (κ3) is 12.0. The van der Waals surface area contributed by atoms with Crippen LogP contribution in [0.2, 0.25) is 0 Å². The second-order valence-corrected chi connectivity index (χ2v) is 26.2. The van der Waals surface area contributed by atoms with Gasteiger partial charge in [0, 0.05) is 29.8 Å². The average molecular weight is 1210 g/mol. The second-order valence-electron chi connectivity index (χ2n) is 26.2. The Morgan fingerprint density at radius 1 is 0.596 bits per heavy atom. The highest BCUT2D eigenvalue weighted by Crippen LogP contribution is 2.60. The number of carboxylic acids is 1. The maximum absolute atomic E-state index is 14.9. The number of amides is 5. The standard InChI is InChI=1S/C70H77N5O7.C2HF3O2/c1-67-34-15-36-69(3,60(67)32-28-43-26-30-45(71)39-57(43)67)63(77)75-64(78)70(4)37-16-35-68(2)58-40-46(31-27-44(58)29-33-61(68)70)73-62(76)59(74-66(80)82-42-56-53-23-11-7-19-49(53)50-20-8-12-24-54(50)56)25-13-14-38-72-65(79)81-41-55-51-21-9-5-17-47(51)48-18-6-10-22-52(48)55;3-2(4,5)1(6)7/h5-12,17-24,26-27,30-31,39-40,55-56,59-61H,13-16,25,28-29,32-38,41-42,71H2,1-4H3,(H,72,79)(H,73,76)(H,74,80)(H,75,77,78);(H,6,7)/t59-,60+,61+,67+,68+,69-,70-;/m0./s1. The number of nitrogens with two attached hydrogens (primary N) is 1. The number of carbonyl (C=O) groups excluding carboxylic acids is 5. The number of hydrogen-bond donors (Lipinski definition) is 6. The first-order valence-corrected chi connectivity index (χ1v) is 31.2. The fourth-order valence-corrected chi connectivity index (χ4v) is 16.5. The van der Waals surface area contributed by atoms with E-state index in [9.17, 15) is 37.1 Å². The molecule has 0 radical (unpaired) electrons. The van der Waals surface area contributed by atoms with Crippen molar-refractivity contribution in [1.29, 1.82) is 0 Å². The molecule has 6 aromatic carbocycles. The van der Waals surface area contributed by atoms with Crippen molar-refractivity contribution in [3.63, 3.8) is 0 Å². The van der Waals surface area contributed by atoms with E-state index in [2.05, 4.69) is 122 Å². The van der Waals surface area contributed by atoms with Gasteiger partial charge in [-0.3, -0.25) is 19.7 Å². The van der Waals surface area contributed by atoms with E-state index in [1.54, 1.807) is 0 Å². The molecule has 6 aliphatic carbocycles. The molecule has 0 saturated heterocycles. The molecular formula is C72H78F3N5O9. The van der Waals surface area contributed by atoms with Crippen LogP contribution in [0.1, 0.15) is 155 Å². The SMILES string of the molecule is C[C@]1(C(=O)NC(=O)[C@@]2(C)CCC[C@]3(C)c4cc(NC(=O)[C@H](CCCCNC(=O)OCC5c6ccccc6-c6ccccc65)NC(=O)OCC5c6ccccc6-c6ccccc65)ccc4CC[C@@H]23)CCC[C@]2(C)c3cc(N)ccc3CC[C@@H]12.O=C(O)C(F)(F)F. The van der Waals surface area contributed by atoms with Crippen LogP contribution in [0.15, 0.2) is 133 Å². The summed E-state index contributed by atoms with van der Waals surface area (Å²) < 4.78 is 43.5. The van der Waals surface area contributed by atoms with Gasteiger partial charge in [-0.2, -0.15) is 13.2 Å². The van der Waals surface area contributed by atoms with Crippen molar-refractivity contribution in [3.05, 3.63) is 178 Å². The second kappa shape index (κ2) is 24.8. The maximum atomic E-state index is 14.9. The van der Waals surface area contributed by atoms with Crippen molar-refractivity contribution in [3.8, 4) is 22.3 Å². The van der Waals surface area contributed by atoms with E-state index in [1.165, 1.54) is 16.7 Å². The number of aryl methyl sites for hydroxylation is 2. The Bertz CT molecular complexity index is 3650. The largest absolute Gasteiger partial charge is 0.490 e. The van der Waals surface area contributed by atoms with Crippen LogP contribution in [0.3, 0.4) is 0 Å². The molecule has 0 unspecified atom stereocenters. The van der Waals surface area contributed by atoms with Crippen molar-refractivity contribution >= 4 is 47.3 Å². The van der Waals surface area contributed by atoms with Gasteiger partial charge < -0.3 is 36.3 Å². The molecule has 5 amide bonds. The minimum absolute atomic E-state index is 0.0565. The molecule has 466 valence electrons. The van der Waals surface area contributed by atoms with Crippen LogP contribution >= 0.6 is 0 Å². The number of carbonyl (C=O) groups is 6. The maximum Gasteiger partial charge on any atom is 0.490 e. The predicted octanol–water partition coefficient (Wildman–Crippen LogP) is 13.8. The Balaban J connectivity index is 0.00000110. The molecule has 12 rings (SSSR count). The monoisotopic (exact) mass is 1210 g/mol. The molecule has 14 nitrogen and oxygen atoms in total. The first-order valence-electron chi connectivity index (χ1n) is 31.2. The molecule has 7 N–H and O–H groups in total. The lowest BCUT2D eigenvalue weighted by atomic mass is 9.49. The number of benzene rings is 6. The first-order chi connectivity index (χ1) is 42.5. The van der Waals surface area contributed by atoms with Crippen LogP contribution in [-0.2, 0) is 52.3 Å². The van der Waals surface area contributed by atoms with Crippen molar-refractivity contribution < 1.29 is 56.5 Å². The molecule has 6 aromatic rings. The number of rotatable bonds is 14. The number of alkyl halides is 3. The van der Waals surface area contributed by atoms with Gasteiger partial charge in [-0.15, -0.1) is 0 Å². The third-order valence-electron chi connectivity index (χ3n) is 21.0. The third-order valence-corrected chi connectivity index (χ3v) is 21.0. The van der Waals surface area contributed by atoms with Crippen LogP contribution in [0.4, 0.5) is 34.1 Å². The normalized spacial score (nSPS) is 23.9. The van der Waals surface area contributed by atoms with Crippen LogP contribution in [0.5, 0.6) is 0 Å². The van der Waals surface area contributed by atoms with Crippen molar-refractivity contribution in [2.24, 2.45) is 22.7 Å². The van der Waals surface area contributed by atoms with Crippen LogP contribution in [-0.4, -0.2) is 73.0 Å². The van der Waals surface area contributed by atoms with Gasteiger partial charge in [0.25, 0.3) is 0 Å². The Labute approximate surface area is 517 Å². The molecule has 2 fully saturated rings. The molecule has 0 aromatic heterocycles. The Morgan fingerprint density at radius 3 is 1.51 bits per heavy atom. The lowest BCUT2D eigenvalue weighted by Crippen LogP contribution is -2.60. The molecule has 0 aliphatic heterocycles. The summed E-state index contributed by atoms with van der Waals surface area (Å²) in [6.45, 7) is 9.31. The fraction of sp³-hybridized carbons (Fsp3) is 0.417. The summed E-state index contributed by atoms with van der Waals surface area (Å²) in [6.07, 6.45) is 3.27. The minimum Gasteiger partial charge on any atom is -0.475 e. The highest BCUT2D eigenvalue weighted by Gasteiger charge is 2.58. The van der Waals surface area contributed by atoms with Gasteiger partial charge in [0.15, 0.2) is 0 Å². The van der Waals surface area contributed by atoms with Gasteiger partial charge in [-0.25, -0.2) is 14.4 Å². The highest BCUT2D eigenvalue weighted by atomic mass is 19.4. The van der Waals surface area contributed by atoms with Crippen molar-refractivity contribution in [2.75, 3.05) is 30.8 Å². The first kappa shape index (κ1) is 62.1. The number of aliphatic carboxylic acids is 1. The summed E-state index contributed by atoms with van der Waals surface area (Å²) in [5.41, 5.74) is 19.4. The summed E-state index contributed by atoms with van der Waals surface area (Å²) in [5, 5.41) is 19.2. The minimum atomic E-state index is -5.08. The number of carboxylic acid groups (broad SMARTS) is 1. The van der Waals surface area contributed by atoms with E-state index in [1.807, 2.05) is 60.7 Å². The number of nitrogens with one attached hydrogen (secondary N) is 4. The number of hydrogen-bond acceptors (Lipinski definition) is 9. The summed E-state index contributed by atoms with van der Waals surface area (Å²) in [7, 11) is 0. The zero-order valence-electron chi connectivity index (χ0n) is 50.8. The number of fused-ring (bicyclic) bond motifs is 12. The lowest BCUT2D eigenvalue weighted by molar-refractivity contribution is -0.192. The number of nitrogen functional groups attached to an aromatic ring is 1. The van der Waals surface area contributed by atoms with Gasteiger partial charge in [0.1, 0.15) is 19.3 Å². The Kier molecular flexibility index (Phi) is 17.3. The quantitative estimate of drug-likeness (QED) is 0.0345. The summed E-state index contributed by atoms with van der Waals surface area (Å²) in [5.74, 6) is -3.70. The van der Waals surface area contributed by atoms with Crippen LogP contribution in [0, 0.1) is 22.7 Å². The highest BCUT2D eigenvalue weighted by molar-refractivity contribution is 6.01. The average Bonchev–Trinajstić information content (AvgIpc) is 1.70. The Morgan fingerprint density at radius 2 is 1.03 bits per heavy atom. The van der Waals surface area contributed by atoms with E-state index < -0.39 is 46.6 Å². The van der Waals surface area contributed by atoms with Gasteiger partial charge in [0.2, 0.25) is 17.7 Å². The van der Waals surface area contributed by atoms with E-state index in [0.717, 1.165) is 114 Å². The van der Waals surface area contributed by atoms with Gasteiger partial charge in [0.05, 0.1) is 10.8 Å². The number of halogens is 3. The number of imide groups is 1. The fourth-order valence-electron chi connectivity index (χ4n) is 16.5. The summed E-state index contributed by atoms with van der Waals surface area (Å²) in [6, 6.07) is 44.1. The van der Waals surface area contributed by atoms with Crippen LogP contribution < -0.4 is 27.0 Å². The van der Waals surface area contributed by atoms with Gasteiger partial charge in [-0.05, 0) is 184 Å². The number of alkyl carbamates (subject to hydrolysis) is 2. The molecule has 89 heavy (non-hydrogen) atoms. The van der Waals surface area contributed by atoms with Gasteiger partial charge in [-0.1, -0.05) is 150 Å². The van der Waals surface area contributed by atoms with Gasteiger partial charge >= 0.3 is 24.3 Å². The molecule has 0 heterocycles.